The van der Waals surface area contributed by atoms with Crippen LogP contribution in [0.2, 0.25) is 0 Å². The third-order valence-electron chi connectivity index (χ3n) is 3.36. The van der Waals surface area contributed by atoms with Gasteiger partial charge in [0, 0.05) is 44.1 Å². The monoisotopic (exact) mass is 275 g/mol. The fraction of sp³-hybridized carbons (Fsp3) is 0.600. The Bertz CT molecular complexity index is 526. The highest BCUT2D eigenvalue weighted by molar-refractivity contribution is 5.15. The first-order chi connectivity index (χ1) is 9.74. The van der Waals surface area contributed by atoms with Crippen molar-refractivity contribution in [2.45, 2.75) is 59.8 Å². The van der Waals surface area contributed by atoms with Gasteiger partial charge in [-0.2, -0.15) is 10.2 Å². The lowest BCUT2D eigenvalue weighted by Crippen LogP contribution is -2.16. The largest absolute Gasteiger partial charge is 0.307 e. The first kappa shape index (κ1) is 14.8. The Balaban J connectivity index is 1.87. The highest BCUT2D eigenvalue weighted by Crippen LogP contribution is 2.07. The molecule has 5 heteroatoms. The third-order valence-corrected chi connectivity index (χ3v) is 3.36. The van der Waals surface area contributed by atoms with Crippen LogP contribution in [-0.2, 0) is 26.2 Å². The zero-order valence-electron chi connectivity index (χ0n) is 12.8. The minimum Gasteiger partial charge on any atom is -0.307 e. The molecule has 2 aromatic heterocycles. The number of aromatic nitrogens is 4. The van der Waals surface area contributed by atoms with E-state index in [-0.39, 0.29) is 0 Å². The second-order valence-corrected chi connectivity index (χ2v) is 5.15. The average molecular weight is 275 g/mol. The number of nitrogens with zero attached hydrogens (tertiary/aromatic N) is 4. The molecule has 0 aromatic carbocycles. The van der Waals surface area contributed by atoms with Gasteiger partial charge in [0.25, 0.3) is 0 Å². The molecule has 2 aromatic rings. The predicted octanol–water partition coefficient (Wildman–Crippen LogP) is 2.50. The Morgan fingerprint density at radius 1 is 1.15 bits per heavy atom. The quantitative estimate of drug-likeness (QED) is 0.805. The summed E-state index contributed by atoms with van der Waals surface area (Å²) >= 11 is 0. The summed E-state index contributed by atoms with van der Waals surface area (Å²) in [5.74, 6) is 0. The van der Waals surface area contributed by atoms with E-state index in [2.05, 4.69) is 53.2 Å². The Hall–Kier alpha value is -1.62. The van der Waals surface area contributed by atoms with E-state index in [4.69, 9.17) is 0 Å². The summed E-state index contributed by atoms with van der Waals surface area (Å²) in [4.78, 5) is 0. The predicted molar refractivity (Wildman–Crippen MR) is 80.3 cm³/mol. The lowest BCUT2D eigenvalue weighted by Gasteiger charge is -2.07. The molecule has 0 amide bonds. The van der Waals surface area contributed by atoms with E-state index in [9.17, 15) is 0 Å². The van der Waals surface area contributed by atoms with Gasteiger partial charge in [-0.25, -0.2) is 0 Å². The molecule has 0 fully saturated rings. The van der Waals surface area contributed by atoms with Crippen molar-refractivity contribution in [2.75, 3.05) is 0 Å². The van der Waals surface area contributed by atoms with E-state index >= 15 is 0 Å². The fourth-order valence-corrected chi connectivity index (χ4v) is 2.32. The van der Waals surface area contributed by atoms with Crippen LogP contribution in [0, 0.1) is 6.92 Å². The van der Waals surface area contributed by atoms with Crippen LogP contribution in [0.15, 0.2) is 18.5 Å². The maximum atomic E-state index is 4.52. The molecule has 2 rings (SSSR count). The first-order valence-electron chi connectivity index (χ1n) is 7.49. The highest BCUT2D eigenvalue weighted by atomic mass is 15.3. The van der Waals surface area contributed by atoms with Crippen LogP contribution in [0.4, 0.5) is 0 Å². The molecule has 0 aliphatic heterocycles. The van der Waals surface area contributed by atoms with Gasteiger partial charge >= 0.3 is 0 Å². The Morgan fingerprint density at radius 3 is 2.70 bits per heavy atom. The van der Waals surface area contributed by atoms with Crippen molar-refractivity contribution in [3.63, 3.8) is 0 Å². The highest BCUT2D eigenvalue weighted by Gasteiger charge is 2.05. The second kappa shape index (κ2) is 7.24. The molecule has 110 valence electrons. The smallest absolute Gasteiger partial charge is 0.0638 e. The molecule has 5 nitrogen and oxygen atoms in total. The van der Waals surface area contributed by atoms with Gasteiger partial charge in [-0.05, 0) is 25.8 Å². The molecule has 0 bridgehead atoms. The van der Waals surface area contributed by atoms with E-state index in [0.29, 0.717) is 0 Å². The van der Waals surface area contributed by atoms with Gasteiger partial charge < -0.3 is 5.32 Å². The van der Waals surface area contributed by atoms with E-state index in [1.165, 1.54) is 11.3 Å². The maximum Gasteiger partial charge on any atom is 0.0638 e. The summed E-state index contributed by atoms with van der Waals surface area (Å²) in [5.41, 5.74) is 3.64. The van der Waals surface area contributed by atoms with E-state index in [1.54, 1.807) is 0 Å². The van der Waals surface area contributed by atoms with Gasteiger partial charge in [0.2, 0.25) is 0 Å². The topological polar surface area (TPSA) is 47.7 Å². The Kier molecular flexibility index (Phi) is 5.35. The number of nitrogens with one attached hydrogen (secondary N) is 1. The van der Waals surface area contributed by atoms with Crippen LogP contribution < -0.4 is 5.32 Å². The van der Waals surface area contributed by atoms with Crippen molar-refractivity contribution in [3.8, 4) is 0 Å². The van der Waals surface area contributed by atoms with Crippen molar-refractivity contribution in [2.24, 2.45) is 0 Å². The lowest BCUT2D eigenvalue weighted by atomic mass is 10.2. The van der Waals surface area contributed by atoms with Gasteiger partial charge in [-0.15, -0.1) is 0 Å². The number of rotatable bonds is 8. The molecule has 1 N–H and O–H groups in total. The second-order valence-electron chi connectivity index (χ2n) is 5.15. The molecular weight excluding hydrogens is 250 g/mol. The maximum absolute atomic E-state index is 4.52. The van der Waals surface area contributed by atoms with Crippen LogP contribution in [0.1, 0.15) is 43.6 Å². The molecule has 0 saturated heterocycles. The summed E-state index contributed by atoms with van der Waals surface area (Å²) in [7, 11) is 0. The molecule has 20 heavy (non-hydrogen) atoms. The average Bonchev–Trinajstić information content (AvgIpc) is 2.99. The molecular formula is C15H25N5. The van der Waals surface area contributed by atoms with Gasteiger partial charge in [-0.3, -0.25) is 9.36 Å². The standard InChI is InChI=1S/C15H25N5/c1-4-8-19-12-14(13(3)18-19)10-16-11-15-6-7-17-20(15)9-5-2/h6-7,12,16H,4-5,8-11H2,1-3H3. The van der Waals surface area contributed by atoms with Crippen molar-refractivity contribution in [1.29, 1.82) is 0 Å². The zero-order chi connectivity index (χ0) is 14.4. The molecule has 0 spiro atoms. The summed E-state index contributed by atoms with van der Waals surface area (Å²) in [5, 5.41) is 12.3. The van der Waals surface area contributed by atoms with Crippen molar-refractivity contribution < 1.29 is 0 Å². The van der Waals surface area contributed by atoms with Crippen LogP contribution in [0.5, 0.6) is 0 Å². The molecule has 0 saturated carbocycles. The Morgan fingerprint density at radius 2 is 1.95 bits per heavy atom. The lowest BCUT2D eigenvalue weighted by molar-refractivity contribution is 0.549. The number of hydrogen-bond acceptors (Lipinski definition) is 3. The molecule has 0 radical (unpaired) electrons. The summed E-state index contributed by atoms with van der Waals surface area (Å²) in [6, 6.07) is 2.08. The van der Waals surface area contributed by atoms with Crippen LogP contribution >= 0.6 is 0 Å². The molecule has 0 aliphatic rings. The minimum absolute atomic E-state index is 0.846. The van der Waals surface area contributed by atoms with Gasteiger partial charge in [0.15, 0.2) is 0 Å². The SMILES string of the molecule is CCCn1cc(CNCc2ccnn2CCC)c(C)n1. The minimum atomic E-state index is 0.846. The van der Waals surface area contributed by atoms with E-state index < -0.39 is 0 Å². The summed E-state index contributed by atoms with van der Waals surface area (Å²) < 4.78 is 4.11. The van der Waals surface area contributed by atoms with Crippen LogP contribution in [0.3, 0.4) is 0 Å². The summed E-state index contributed by atoms with van der Waals surface area (Å²) in [6.45, 7) is 10.1. The fourth-order valence-electron chi connectivity index (χ4n) is 2.32. The third kappa shape index (κ3) is 3.70. The van der Waals surface area contributed by atoms with Crippen molar-refractivity contribution in [3.05, 3.63) is 35.4 Å². The van der Waals surface area contributed by atoms with Gasteiger partial charge in [0.05, 0.1) is 11.4 Å². The van der Waals surface area contributed by atoms with Gasteiger partial charge in [-0.1, -0.05) is 13.8 Å². The normalized spacial score (nSPS) is 11.2. The first-order valence-corrected chi connectivity index (χ1v) is 7.49. The summed E-state index contributed by atoms with van der Waals surface area (Å²) in [6.07, 6.45) is 6.24. The van der Waals surface area contributed by atoms with Crippen LogP contribution in [0.25, 0.3) is 0 Å². The molecule has 2 heterocycles. The van der Waals surface area contributed by atoms with Crippen molar-refractivity contribution in [1.82, 2.24) is 24.9 Å². The van der Waals surface area contributed by atoms with E-state index in [1.807, 2.05) is 10.9 Å². The van der Waals surface area contributed by atoms with E-state index in [0.717, 1.165) is 44.7 Å². The zero-order valence-corrected chi connectivity index (χ0v) is 12.8. The molecule has 0 aliphatic carbocycles. The Labute approximate surface area is 121 Å². The number of hydrogen-bond donors (Lipinski definition) is 1. The number of aryl methyl sites for hydroxylation is 3. The molecule has 0 atom stereocenters. The molecule has 0 unspecified atom stereocenters. The van der Waals surface area contributed by atoms with Crippen molar-refractivity contribution >= 4 is 0 Å². The van der Waals surface area contributed by atoms with Crippen LogP contribution in [-0.4, -0.2) is 19.6 Å². The van der Waals surface area contributed by atoms with Gasteiger partial charge in [0.1, 0.15) is 0 Å².